The van der Waals surface area contributed by atoms with Gasteiger partial charge in [-0.2, -0.15) is 0 Å². The first-order chi connectivity index (χ1) is 6.31. The van der Waals surface area contributed by atoms with Crippen LogP contribution in [-0.4, -0.2) is 12.5 Å². The van der Waals surface area contributed by atoms with Gasteiger partial charge in [-0.15, -0.1) is 0 Å². The van der Waals surface area contributed by atoms with E-state index < -0.39 is 0 Å². The molecule has 0 aromatic rings. The fraction of sp³-hybridized carbons (Fsp3) is 0.909. The standard InChI is InChI=1S/C11H19NO/c1-2-11(13)12-7-10(8-3-4-8)9-5-6-9/h8-10H,2-7H2,1H3,(H,12,13). The van der Waals surface area contributed by atoms with Crippen LogP contribution in [0.4, 0.5) is 0 Å². The fourth-order valence-corrected chi connectivity index (χ4v) is 2.12. The van der Waals surface area contributed by atoms with Gasteiger partial charge in [0.1, 0.15) is 0 Å². The van der Waals surface area contributed by atoms with Crippen LogP contribution in [0, 0.1) is 17.8 Å². The van der Waals surface area contributed by atoms with E-state index in [0.29, 0.717) is 6.42 Å². The van der Waals surface area contributed by atoms with Crippen molar-refractivity contribution >= 4 is 5.91 Å². The molecule has 0 bridgehead atoms. The normalized spacial score (nSPS) is 22.0. The maximum Gasteiger partial charge on any atom is 0.219 e. The Morgan fingerprint density at radius 1 is 1.31 bits per heavy atom. The highest BCUT2D eigenvalue weighted by Crippen LogP contribution is 2.48. The van der Waals surface area contributed by atoms with E-state index in [1.807, 2.05) is 6.92 Å². The van der Waals surface area contributed by atoms with Gasteiger partial charge in [0.25, 0.3) is 0 Å². The molecule has 0 saturated heterocycles. The minimum atomic E-state index is 0.214. The van der Waals surface area contributed by atoms with Crippen LogP contribution < -0.4 is 5.32 Å². The molecule has 2 aliphatic carbocycles. The van der Waals surface area contributed by atoms with Crippen LogP contribution in [0.1, 0.15) is 39.0 Å². The molecule has 1 N–H and O–H groups in total. The molecule has 2 fully saturated rings. The van der Waals surface area contributed by atoms with E-state index in [2.05, 4.69) is 5.32 Å². The molecule has 0 spiro atoms. The average molecular weight is 181 g/mol. The lowest BCUT2D eigenvalue weighted by Crippen LogP contribution is -2.30. The van der Waals surface area contributed by atoms with Gasteiger partial charge in [0.05, 0.1) is 0 Å². The Bertz CT molecular complexity index is 182. The van der Waals surface area contributed by atoms with Crippen LogP contribution in [0.15, 0.2) is 0 Å². The molecule has 0 aromatic heterocycles. The molecule has 1 amide bonds. The second-order valence-corrected chi connectivity index (χ2v) is 4.50. The van der Waals surface area contributed by atoms with Crippen LogP contribution in [0.3, 0.4) is 0 Å². The van der Waals surface area contributed by atoms with Crippen molar-refractivity contribution in [2.24, 2.45) is 17.8 Å². The van der Waals surface area contributed by atoms with E-state index in [0.717, 1.165) is 24.3 Å². The number of carbonyl (C=O) groups is 1. The van der Waals surface area contributed by atoms with Crippen molar-refractivity contribution in [3.63, 3.8) is 0 Å². The fourth-order valence-electron chi connectivity index (χ4n) is 2.12. The molecule has 2 aliphatic rings. The van der Waals surface area contributed by atoms with Gasteiger partial charge >= 0.3 is 0 Å². The third-order valence-electron chi connectivity index (χ3n) is 3.31. The lowest BCUT2D eigenvalue weighted by Gasteiger charge is -2.15. The quantitative estimate of drug-likeness (QED) is 0.690. The van der Waals surface area contributed by atoms with E-state index in [1.54, 1.807) is 0 Å². The van der Waals surface area contributed by atoms with Gasteiger partial charge in [0.2, 0.25) is 5.91 Å². The molecule has 2 rings (SSSR count). The lowest BCUT2D eigenvalue weighted by molar-refractivity contribution is -0.121. The number of nitrogens with one attached hydrogen (secondary N) is 1. The van der Waals surface area contributed by atoms with Crippen molar-refractivity contribution in [2.75, 3.05) is 6.54 Å². The smallest absolute Gasteiger partial charge is 0.219 e. The molecular formula is C11H19NO. The van der Waals surface area contributed by atoms with E-state index in [-0.39, 0.29) is 5.91 Å². The van der Waals surface area contributed by atoms with Crippen molar-refractivity contribution in [2.45, 2.75) is 39.0 Å². The van der Waals surface area contributed by atoms with Crippen LogP contribution in [0.25, 0.3) is 0 Å². The van der Waals surface area contributed by atoms with Crippen molar-refractivity contribution in [1.82, 2.24) is 5.32 Å². The van der Waals surface area contributed by atoms with Gasteiger partial charge in [-0.25, -0.2) is 0 Å². The lowest BCUT2D eigenvalue weighted by atomic mass is 9.98. The Labute approximate surface area is 80.1 Å². The predicted octanol–water partition coefficient (Wildman–Crippen LogP) is 1.95. The molecule has 2 nitrogen and oxygen atoms in total. The maximum absolute atomic E-state index is 11.1. The van der Waals surface area contributed by atoms with E-state index >= 15 is 0 Å². The van der Waals surface area contributed by atoms with Crippen molar-refractivity contribution < 1.29 is 4.79 Å². The van der Waals surface area contributed by atoms with Gasteiger partial charge in [-0.1, -0.05) is 6.92 Å². The first-order valence-corrected chi connectivity index (χ1v) is 5.58. The Morgan fingerprint density at radius 2 is 1.85 bits per heavy atom. The predicted molar refractivity (Wildman–Crippen MR) is 52.2 cm³/mol. The summed E-state index contributed by atoms with van der Waals surface area (Å²) in [5.41, 5.74) is 0. The van der Waals surface area contributed by atoms with Crippen molar-refractivity contribution in [3.05, 3.63) is 0 Å². The molecule has 0 unspecified atom stereocenters. The van der Waals surface area contributed by atoms with Crippen LogP contribution in [0.5, 0.6) is 0 Å². The zero-order valence-corrected chi connectivity index (χ0v) is 8.38. The van der Waals surface area contributed by atoms with E-state index in [4.69, 9.17) is 0 Å². The summed E-state index contributed by atoms with van der Waals surface area (Å²) in [5, 5.41) is 3.04. The third kappa shape index (κ3) is 2.45. The van der Waals surface area contributed by atoms with Gasteiger partial charge in [-0.05, 0) is 43.4 Å². The molecule has 0 aromatic carbocycles. The largest absolute Gasteiger partial charge is 0.356 e. The number of carbonyl (C=O) groups excluding carboxylic acids is 1. The van der Waals surface area contributed by atoms with Gasteiger partial charge < -0.3 is 5.32 Å². The molecule has 0 heterocycles. The molecule has 0 radical (unpaired) electrons. The summed E-state index contributed by atoms with van der Waals surface area (Å²) in [4.78, 5) is 11.1. The summed E-state index contributed by atoms with van der Waals surface area (Å²) < 4.78 is 0. The van der Waals surface area contributed by atoms with Gasteiger partial charge in [0, 0.05) is 13.0 Å². The number of hydrogen-bond donors (Lipinski definition) is 1. The van der Waals surface area contributed by atoms with Gasteiger partial charge in [0.15, 0.2) is 0 Å². The second kappa shape index (κ2) is 3.69. The molecular weight excluding hydrogens is 162 g/mol. The summed E-state index contributed by atoms with van der Waals surface area (Å²) in [7, 11) is 0. The molecule has 0 atom stereocenters. The Kier molecular flexibility index (Phi) is 2.56. The molecule has 13 heavy (non-hydrogen) atoms. The SMILES string of the molecule is CCC(=O)NCC(C1CC1)C1CC1. The minimum Gasteiger partial charge on any atom is -0.356 e. The van der Waals surface area contributed by atoms with Crippen molar-refractivity contribution in [1.29, 1.82) is 0 Å². The van der Waals surface area contributed by atoms with E-state index in [9.17, 15) is 4.79 Å². The van der Waals surface area contributed by atoms with Crippen LogP contribution >= 0.6 is 0 Å². The highest BCUT2D eigenvalue weighted by molar-refractivity contribution is 5.75. The highest BCUT2D eigenvalue weighted by atomic mass is 16.1. The third-order valence-corrected chi connectivity index (χ3v) is 3.31. The van der Waals surface area contributed by atoms with Crippen LogP contribution in [-0.2, 0) is 4.79 Å². The Morgan fingerprint density at radius 3 is 2.23 bits per heavy atom. The molecule has 74 valence electrons. The topological polar surface area (TPSA) is 29.1 Å². The monoisotopic (exact) mass is 181 g/mol. The Balaban J connectivity index is 1.73. The minimum absolute atomic E-state index is 0.214. The number of amides is 1. The zero-order chi connectivity index (χ0) is 9.26. The molecule has 2 heteroatoms. The number of rotatable bonds is 5. The Hall–Kier alpha value is -0.530. The summed E-state index contributed by atoms with van der Waals surface area (Å²) in [5.74, 6) is 2.93. The summed E-state index contributed by atoms with van der Waals surface area (Å²) in [6, 6.07) is 0. The molecule has 0 aliphatic heterocycles. The zero-order valence-electron chi connectivity index (χ0n) is 8.38. The van der Waals surface area contributed by atoms with Crippen molar-refractivity contribution in [3.8, 4) is 0 Å². The van der Waals surface area contributed by atoms with Crippen LogP contribution in [0.2, 0.25) is 0 Å². The summed E-state index contributed by atoms with van der Waals surface area (Å²) in [6.07, 6.45) is 6.25. The first kappa shape index (κ1) is 9.04. The summed E-state index contributed by atoms with van der Waals surface area (Å²) in [6.45, 7) is 2.86. The first-order valence-electron chi connectivity index (χ1n) is 5.58. The average Bonchev–Trinajstić information content (AvgIpc) is 2.98. The highest BCUT2D eigenvalue weighted by Gasteiger charge is 2.41. The molecule has 2 saturated carbocycles. The van der Waals surface area contributed by atoms with Gasteiger partial charge in [-0.3, -0.25) is 4.79 Å². The van der Waals surface area contributed by atoms with E-state index in [1.165, 1.54) is 25.7 Å². The second-order valence-electron chi connectivity index (χ2n) is 4.50. The maximum atomic E-state index is 11.1. The summed E-state index contributed by atoms with van der Waals surface area (Å²) >= 11 is 0. The number of hydrogen-bond acceptors (Lipinski definition) is 1.